The highest BCUT2D eigenvalue weighted by molar-refractivity contribution is 5.98. The van der Waals surface area contributed by atoms with Crippen LogP contribution in [0.5, 0.6) is 0 Å². The Bertz CT molecular complexity index is 844. The number of fused-ring (bicyclic) bond motifs is 1. The van der Waals surface area contributed by atoms with Crippen molar-refractivity contribution in [3.8, 4) is 0 Å². The first-order chi connectivity index (χ1) is 16.6. The molecule has 3 rings (SSSR count). The molecule has 8 nitrogen and oxygen atoms in total. The van der Waals surface area contributed by atoms with E-state index in [2.05, 4.69) is 13.2 Å². The highest BCUT2D eigenvalue weighted by atomic mass is 16.6. The number of amides is 2. The number of aliphatic hydroxyl groups excluding tert-OH is 1. The van der Waals surface area contributed by atoms with Crippen LogP contribution in [0.25, 0.3) is 0 Å². The number of aliphatic hydroxyl groups is 1. The number of hydrogen-bond donors (Lipinski definition) is 1. The monoisotopic (exact) mass is 490 g/mol. The summed E-state index contributed by atoms with van der Waals surface area (Å²) in [6, 6.07) is -0.890. The van der Waals surface area contributed by atoms with Gasteiger partial charge >= 0.3 is 5.97 Å². The van der Waals surface area contributed by atoms with Crippen LogP contribution in [0.4, 0.5) is 0 Å². The summed E-state index contributed by atoms with van der Waals surface area (Å²) in [5.74, 6) is -2.40. The van der Waals surface area contributed by atoms with Crippen LogP contribution in [0.15, 0.2) is 25.3 Å². The zero-order valence-corrected chi connectivity index (χ0v) is 21.7. The summed E-state index contributed by atoms with van der Waals surface area (Å²) in [6.07, 6.45) is 6.83. The summed E-state index contributed by atoms with van der Waals surface area (Å²) in [7, 11) is 0. The molecule has 0 aromatic rings. The molecule has 0 aromatic heterocycles. The fourth-order valence-electron chi connectivity index (χ4n) is 6.45. The Morgan fingerprint density at radius 2 is 1.94 bits per heavy atom. The normalized spacial score (nSPS) is 33.2. The molecule has 3 heterocycles. The van der Waals surface area contributed by atoms with Gasteiger partial charge in [0.05, 0.1) is 11.5 Å². The van der Waals surface area contributed by atoms with Gasteiger partial charge in [-0.3, -0.25) is 14.4 Å². The van der Waals surface area contributed by atoms with Crippen molar-refractivity contribution in [1.29, 1.82) is 0 Å². The highest BCUT2D eigenvalue weighted by Crippen LogP contribution is 2.65. The second-order valence-corrected chi connectivity index (χ2v) is 10.7. The molecule has 0 radical (unpaired) electrons. The quantitative estimate of drug-likeness (QED) is 0.242. The largest absolute Gasteiger partial charge is 0.461 e. The van der Waals surface area contributed by atoms with E-state index in [1.165, 1.54) is 6.08 Å². The van der Waals surface area contributed by atoms with Gasteiger partial charge < -0.3 is 24.4 Å². The topological polar surface area (TPSA) is 96.4 Å². The zero-order valence-electron chi connectivity index (χ0n) is 21.7. The smallest absolute Gasteiger partial charge is 0.313 e. The predicted octanol–water partition coefficient (Wildman–Crippen LogP) is 2.70. The van der Waals surface area contributed by atoms with Gasteiger partial charge in [0.2, 0.25) is 11.8 Å². The van der Waals surface area contributed by atoms with Crippen LogP contribution in [0, 0.1) is 17.8 Å². The maximum absolute atomic E-state index is 14.1. The van der Waals surface area contributed by atoms with Crippen molar-refractivity contribution in [3.05, 3.63) is 25.3 Å². The summed E-state index contributed by atoms with van der Waals surface area (Å²) in [5, 5.41) is 9.08. The van der Waals surface area contributed by atoms with E-state index in [1.807, 2.05) is 27.7 Å². The summed E-state index contributed by atoms with van der Waals surface area (Å²) in [5.41, 5.74) is -1.95. The third-order valence-electron chi connectivity index (χ3n) is 8.19. The number of carbonyl (C=O) groups excluding carboxylic acids is 3. The van der Waals surface area contributed by atoms with Crippen molar-refractivity contribution >= 4 is 17.8 Å². The predicted molar refractivity (Wildman–Crippen MR) is 132 cm³/mol. The summed E-state index contributed by atoms with van der Waals surface area (Å²) >= 11 is 0. The lowest BCUT2D eigenvalue weighted by molar-refractivity contribution is -0.161. The van der Waals surface area contributed by atoms with Crippen molar-refractivity contribution < 1.29 is 29.0 Å². The number of esters is 1. The van der Waals surface area contributed by atoms with E-state index in [1.54, 1.807) is 15.9 Å². The second-order valence-electron chi connectivity index (χ2n) is 10.7. The van der Waals surface area contributed by atoms with Crippen molar-refractivity contribution in [3.63, 3.8) is 0 Å². The molecular weight excluding hydrogens is 448 g/mol. The molecule has 3 aliphatic rings. The molecule has 2 amide bonds. The third kappa shape index (κ3) is 4.55. The Kier molecular flexibility index (Phi) is 8.48. The Balaban J connectivity index is 2.02. The average molecular weight is 491 g/mol. The van der Waals surface area contributed by atoms with Gasteiger partial charge in [-0.25, -0.2) is 0 Å². The number of carbonyl (C=O) groups is 3. The van der Waals surface area contributed by atoms with Crippen LogP contribution >= 0.6 is 0 Å². The number of hydrogen-bond acceptors (Lipinski definition) is 6. The molecule has 1 N–H and O–H groups in total. The van der Waals surface area contributed by atoms with Crippen LogP contribution in [-0.4, -0.2) is 82.3 Å². The Morgan fingerprint density at radius 1 is 1.26 bits per heavy atom. The fourth-order valence-corrected chi connectivity index (χ4v) is 6.45. The number of unbranched alkanes of at least 4 members (excludes halogenated alkanes) is 3. The lowest BCUT2D eigenvalue weighted by atomic mass is 9.62. The van der Waals surface area contributed by atoms with Gasteiger partial charge in [0.25, 0.3) is 0 Å². The van der Waals surface area contributed by atoms with Gasteiger partial charge in [-0.2, -0.15) is 0 Å². The molecule has 3 aliphatic heterocycles. The number of rotatable bonds is 13. The van der Waals surface area contributed by atoms with E-state index in [0.29, 0.717) is 32.4 Å². The minimum absolute atomic E-state index is 0.0282. The Morgan fingerprint density at radius 3 is 2.54 bits per heavy atom. The van der Waals surface area contributed by atoms with E-state index < -0.39 is 35.0 Å². The van der Waals surface area contributed by atoms with Crippen LogP contribution in [0.2, 0.25) is 0 Å². The molecule has 8 heteroatoms. The van der Waals surface area contributed by atoms with Crippen molar-refractivity contribution in [1.82, 2.24) is 9.80 Å². The SMILES string of the molecule is C=CCOC(=O)[C@H]1[C@H]2C(=O)N(CCCCCCO)C(C(=O)N(CC=C)C(C)C)C23CC(C)[C@]1(C)O3. The van der Waals surface area contributed by atoms with Crippen LogP contribution in [-0.2, 0) is 23.9 Å². The molecule has 1 spiro atoms. The fraction of sp³-hybridized carbons (Fsp3) is 0.741. The summed E-state index contributed by atoms with van der Waals surface area (Å²) in [6.45, 7) is 16.2. The molecule has 0 aliphatic carbocycles. The number of ether oxygens (including phenoxy) is 2. The van der Waals surface area contributed by atoms with E-state index in [-0.39, 0.29) is 37.0 Å². The minimum atomic E-state index is -1.07. The van der Waals surface area contributed by atoms with Gasteiger partial charge in [0.1, 0.15) is 24.2 Å². The Hall–Kier alpha value is -2.19. The first-order valence-corrected chi connectivity index (χ1v) is 12.9. The molecular formula is C27H42N2O6. The standard InChI is InChI=1S/C27H42N2O6/c1-7-13-28(18(3)4)24(32)22-27-17-19(5)26(6,35-27)21(25(33)34-16-8-2)20(27)23(31)29(22)14-11-9-10-12-15-30/h7-8,18-22,30H,1-2,9-17H2,3-6H3/t19?,20-,21+,22?,26-,27?/m0/s1. The third-order valence-corrected chi connectivity index (χ3v) is 8.19. The molecule has 0 aromatic carbocycles. The zero-order chi connectivity index (χ0) is 26.0. The van der Waals surface area contributed by atoms with Crippen molar-refractivity contribution in [2.24, 2.45) is 17.8 Å². The minimum Gasteiger partial charge on any atom is -0.461 e. The summed E-state index contributed by atoms with van der Waals surface area (Å²) < 4.78 is 12.1. The van der Waals surface area contributed by atoms with Gasteiger partial charge in [-0.15, -0.1) is 6.58 Å². The van der Waals surface area contributed by atoms with Gasteiger partial charge in [0, 0.05) is 25.7 Å². The van der Waals surface area contributed by atoms with Crippen molar-refractivity contribution in [2.45, 2.75) is 83.1 Å². The maximum atomic E-state index is 14.1. The van der Waals surface area contributed by atoms with E-state index in [4.69, 9.17) is 14.6 Å². The van der Waals surface area contributed by atoms with E-state index in [0.717, 1.165) is 12.8 Å². The number of nitrogens with zero attached hydrogens (tertiary/aromatic N) is 2. The van der Waals surface area contributed by atoms with Gasteiger partial charge in [-0.1, -0.05) is 38.5 Å². The average Bonchev–Trinajstić information content (AvgIpc) is 3.32. The van der Waals surface area contributed by atoms with Crippen LogP contribution < -0.4 is 0 Å². The first kappa shape index (κ1) is 27.4. The first-order valence-electron chi connectivity index (χ1n) is 12.9. The van der Waals surface area contributed by atoms with E-state index in [9.17, 15) is 14.4 Å². The molecule has 196 valence electrons. The Labute approximate surface area is 209 Å². The maximum Gasteiger partial charge on any atom is 0.313 e. The molecule has 6 atom stereocenters. The van der Waals surface area contributed by atoms with Crippen LogP contribution in [0.3, 0.4) is 0 Å². The number of likely N-dealkylation sites (tertiary alicyclic amines) is 1. The molecule has 35 heavy (non-hydrogen) atoms. The molecule has 0 saturated carbocycles. The molecule has 3 saturated heterocycles. The van der Waals surface area contributed by atoms with Crippen molar-refractivity contribution in [2.75, 3.05) is 26.3 Å². The second kappa shape index (κ2) is 10.8. The lowest BCUT2D eigenvalue weighted by Gasteiger charge is -2.38. The lowest BCUT2D eigenvalue weighted by Crippen LogP contribution is -2.57. The van der Waals surface area contributed by atoms with Gasteiger partial charge in [-0.05, 0) is 46.0 Å². The van der Waals surface area contributed by atoms with Crippen LogP contribution in [0.1, 0.15) is 59.8 Å². The summed E-state index contributed by atoms with van der Waals surface area (Å²) in [4.78, 5) is 44.7. The van der Waals surface area contributed by atoms with E-state index >= 15 is 0 Å². The molecule has 2 bridgehead atoms. The highest BCUT2D eigenvalue weighted by Gasteiger charge is 2.80. The van der Waals surface area contributed by atoms with Gasteiger partial charge in [0.15, 0.2) is 0 Å². The molecule has 3 fully saturated rings. The molecule has 3 unspecified atom stereocenters.